The summed E-state index contributed by atoms with van der Waals surface area (Å²) in [5, 5.41) is 11.8. The minimum absolute atomic E-state index is 0.0320. The number of phenolic OH excluding ortho intramolecular Hbond substituents is 1. The number of thiazole rings is 1. The van der Waals surface area contributed by atoms with Crippen molar-refractivity contribution in [3.05, 3.63) is 76.2 Å². The van der Waals surface area contributed by atoms with Crippen LogP contribution < -0.4 is 4.74 Å². The molecule has 0 bridgehead atoms. The predicted molar refractivity (Wildman–Crippen MR) is 113 cm³/mol. The second kappa shape index (κ2) is 8.96. The number of aromatic hydroxyl groups is 1. The standard InChI is InChI=1S/C22H21N3O4S/c26-20-7-2-1-6-19(20)22(28)25-10-8-24(9-11-25)21(27)16-4-3-5-18(12-16)29-13-17-14-30-15-23-17/h1-7,12,14-15,26H,8-11,13H2. The van der Waals surface area contributed by atoms with E-state index in [0.29, 0.717) is 44.1 Å². The van der Waals surface area contributed by atoms with Gasteiger partial charge in [0.05, 0.1) is 16.8 Å². The van der Waals surface area contributed by atoms with Gasteiger partial charge in [0.15, 0.2) is 0 Å². The Morgan fingerprint density at radius 3 is 2.43 bits per heavy atom. The first-order chi connectivity index (χ1) is 14.6. The Morgan fingerprint density at radius 1 is 1.00 bits per heavy atom. The van der Waals surface area contributed by atoms with Gasteiger partial charge in [0.2, 0.25) is 0 Å². The van der Waals surface area contributed by atoms with Crippen molar-refractivity contribution in [2.75, 3.05) is 26.2 Å². The van der Waals surface area contributed by atoms with E-state index in [2.05, 4.69) is 4.98 Å². The summed E-state index contributed by atoms with van der Waals surface area (Å²) >= 11 is 1.51. The fourth-order valence-corrected chi connectivity index (χ4v) is 3.85. The molecule has 30 heavy (non-hydrogen) atoms. The molecule has 1 saturated heterocycles. The Bertz CT molecular complexity index is 1030. The van der Waals surface area contributed by atoms with Crippen molar-refractivity contribution < 1.29 is 19.4 Å². The highest BCUT2D eigenvalue weighted by Gasteiger charge is 2.26. The van der Waals surface area contributed by atoms with E-state index in [1.165, 1.54) is 17.4 Å². The van der Waals surface area contributed by atoms with Gasteiger partial charge >= 0.3 is 0 Å². The number of amides is 2. The molecule has 0 saturated carbocycles. The van der Waals surface area contributed by atoms with Gasteiger partial charge in [0, 0.05) is 37.1 Å². The Balaban J connectivity index is 1.35. The maximum Gasteiger partial charge on any atom is 0.257 e. The Morgan fingerprint density at radius 2 is 1.73 bits per heavy atom. The summed E-state index contributed by atoms with van der Waals surface area (Å²) < 4.78 is 5.73. The van der Waals surface area contributed by atoms with E-state index in [1.54, 1.807) is 51.7 Å². The zero-order valence-electron chi connectivity index (χ0n) is 16.2. The molecule has 0 unspecified atom stereocenters. The minimum Gasteiger partial charge on any atom is -0.507 e. The van der Waals surface area contributed by atoms with Crippen LogP contribution in [-0.4, -0.2) is 57.9 Å². The summed E-state index contributed by atoms with van der Waals surface area (Å²) in [4.78, 5) is 33.1. The molecule has 0 atom stereocenters. The lowest BCUT2D eigenvalue weighted by Crippen LogP contribution is -2.50. The number of phenols is 1. The first kappa shape index (κ1) is 19.9. The number of carbonyl (C=O) groups excluding carboxylic acids is 2. The number of rotatable bonds is 5. The van der Waals surface area contributed by atoms with E-state index in [-0.39, 0.29) is 23.1 Å². The molecule has 8 heteroatoms. The van der Waals surface area contributed by atoms with Crippen LogP contribution >= 0.6 is 11.3 Å². The number of aromatic nitrogens is 1. The summed E-state index contributed by atoms with van der Waals surface area (Å²) in [6.45, 7) is 2.05. The van der Waals surface area contributed by atoms with Gasteiger partial charge in [-0.1, -0.05) is 18.2 Å². The third kappa shape index (κ3) is 4.44. The maximum absolute atomic E-state index is 12.9. The molecule has 154 valence electrons. The zero-order valence-corrected chi connectivity index (χ0v) is 17.0. The molecular formula is C22H21N3O4S. The molecule has 1 aromatic heterocycles. The minimum atomic E-state index is -0.224. The molecule has 1 aliphatic heterocycles. The molecule has 2 heterocycles. The molecule has 1 N–H and O–H groups in total. The van der Waals surface area contributed by atoms with Crippen LogP contribution in [0.4, 0.5) is 0 Å². The largest absolute Gasteiger partial charge is 0.507 e. The second-order valence-electron chi connectivity index (χ2n) is 6.90. The lowest BCUT2D eigenvalue weighted by atomic mass is 10.1. The van der Waals surface area contributed by atoms with Gasteiger partial charge in [0.1, 0.15) is 18.1 Å². The predicted octanol–water partition coefficient (Wildman–Crippen LogP) is 3.03. The van der Waals surface area contributed by atoms with Crippen LogP contribution in [0.15, 0.2) is 59.4 Å². The van der Waals surface area contributed by atoms with Crippen molar-refractivity contribution in [2.45, 2.75) is 6.61 Å². The first-order valence-corrected chi connectivity index (χ1v) is 10.5. The van der Waals surface area contributed by atoms with Crippen LogP contribution in [0.25, 0.3) is 0 Å². The van der Waals surface area contributed by atoms with Crippen molar-refractivity contribution in [1.82, 2.24) is 14.8 Å². The highest BCUT2D eigenvalue weighted by Crippen LogP contribution is 2.20. The van der Waals surface area contributed by atoms with Crippen molar-refractivity contribution in [1.29, 1.82) is 0 Å². The first-order valence-electron chi connectivity index (χ1n) is 9.58. The zero-order chi connectivity index (χ0) is 20.9. The number of carbonyl (C=O) groups is 2. The molecule has 3 aromatic rings. The number of hydrogen-bond donors (Lipinski definition) is 1. The summed E-state index contributed by atoms with van der Waals surface area (Å²) in [7, 11) is 0. The topological polar surface area (TPSA) is 83.0 Å². The lowest BCUT2D eigenvalue weighted by molar-refractivity contribution is 0.0533. The van der Waals surface area contributed by atoms with Crippen molar-refractivity contribution in [3.63, 3.8) is 0 Å². The summed E-state index contributed by atoms with van der Waals surface area (Å²) in [5.74, 6) is 0.263. The molecule has 2 amide bonds. The summed E-state index contributed by atoms with van der Waals surface area (Å²) in [6.07, 6.45) is 0. The van der Waals surface area contributed by atoms with Gasteiger partial charge in [-0.25, -0.2) is 4.98 Å². The van der Waals surface area contributed by atoms with Crippen LogP contribution in [0.1, 0.15) is 26.4 Å². The number of benzene rings is 2. The Hall–Kier alpha value is -3.39. The number of piperazine rings is 1. The smallest absolute Gasteiger partial charge is 0.257 e. The number of ether oxygens (including phenoxy) is 1. The van der Waals surface area contributed by atoms with Gasteiger partial charge in [-0.3, -0.25) is 9.59 Å². The van der Waals surface area contributed by atoms with E-state index in [4.69, 9.17) is 4.74 Å². The van der Waals surface area contributed by atoms with Gasteiger partial charge in [-0.2, -0.15) is 0 Å². The van der Waals surface area contributed by atoms with Crippen LogP contribution in [0.2, 0.25) is 0 Å². The highest BCUT2D eigenvalue weighted by molar-refractivity contribution is 7.07. The van der Waals surface area contributed by atoms with Crippen molar-refractivity contribution in [2.24, 2.45) is 0 Å². The summed E-state index contributed by atoms with van der Waals surface area (Å²) in [5.41, 5.74) is 3.43. The van der Waals surface area contributed by atoms with Crippen LogP contribution in [-0.2, 0) is 6.61 Å². The molecule has 4 rings (SSSR count). The van der Waals surface area contributed by atoms with Crippen LogP contribution in [0, 0.1) is 0 Å². The third-order valence-electron chi connectivity index (χ3n) is 4.94. The maximum atomic E-state index is 12.9. The molecule has 0 aliphatic carbocycles. The van der Waals surface area contributed by atoms with E-state index < -0.39 is 0 Å². The molecular weight excluding hydrogens is 402 g/mol. The molecule has 2 aromatic carbocycles. The van der Waals surface area contributed by atoms with E-state index in [0.717, 1.165) is 5.69 Å². The van der Waals surface area contributed by atoms with Crippen molar-refractivity contribution in [3.8, 4) is 11.5 Å². The van der Waals surface area contributed by atoms with Gasteiger partial charge < -0.3 is 19.6 Å². The Labute approximate surface area is 178 Å². The average molecular weight is 423 g/mol. The lowest BCUT2D eigenvalue weighted by Gasteiger charge is -2.35. The fraction of sp³-hybridized carbons (Fsp3) is 0.227. The van der Waals surface area contributed by atoms with Gasteiger partial charge in [-0.15, -0.1) is 11.3 Å². The van der Waals surface area contributed by atoms with Crippen LogP contribution in [0.3, 0.4) is 0 Å². The van der Waals surface area contributed by atoms with Crippen LogP contribution in [0.5, 0.6) is 11.5 Å². The van der Waals surface area contributed by atoms with E-state index in [1.807, 2.05) is 11.4 Å². The molecule has 0 spiro atoms. The molecule has 7 nitrogen and oxygen atoms in total. The third-order valence-corrected chi connectivity index (χ3v) is 5.58. The second-order valence-corrected chi connectivity index (χ2v) is 7.62. The highest BCUT2D eigenvalue weighted by atomic mass is 32.1. The fourth-order valence-electron chi connectivity index (χ4n) is 3.31. The average Bonchev–Trinajstić information content (AvgIpc) is 3.31. The molecule has 0 radical (unpaired) electrons. The van der Waals surface area contributed by atoms with E-state index >= 15 is 0 Å². The van der Waals surface area contributed by atoms with E-state index in [9.17, 15) is 14.7 Å². The monoisotopic (exact) mass is 423 g/mol. The normalized spacial score (nSPS) is 13.9. The van der Waals surface area contributed by atoms with Crippen molar-refractivity contribution >= 4 is 23.2 Å². The van der Waals surface area contributed by atoms with Gasteiger partial charge in [-0.05, 0) is 30.3 Å². The quantitative estimate of drug-likeness (QED) is 0.682. The molecule has 1 aliphatic rings. The number of nitrogens with zero attached hydrogens (tertiary/aromatic N) is 3. The summed E-state index contributed by atoms with van der Waals surface area (Å²) in [6, 6.07) is 13.6. The molecule has 1 fully saturated rings. The SMILES string of the molecule is O=C(c1cccc(OCc2cscn2)c1)N1CCN(C(=O)c2ccccc2O)CC1. The number of hydrogen-bond acceptors (Lipinski definition) is 6. The number of para-hydroxylation sites is 1. The van der Waals surface area contributed by atoms with Gasteiger partial charge in [0.25, 0.3) is 11.8 Å². The Kier molecular flexibility index (Phi) is 5.94.